The van der Waals surface area contributed by atoms with Gasteiger partial charge in [0.15, 0.2) is 11.6 Å². The molecule has 4 rings (SSSR count). The van der Waals surface area contributed by atoms with Crippen LogP contribution in [-0.2, 0) is 0 Å². The van der Waals surface area contributed by atoms with E-state index in [9.17, 15) is 4.79 Å². The van der Waals surface area contributed by atoms with Crippen LogP contribution >= 0.6 is 0 Å². The average molecular weight is 392 g/mol. The van der Waals surface area contributed by atoms with Crippen molar-refractivity contribution >= 4 is 23.4 Å². The van der Waals surface area contributed by atoms with Crippen molar-refractivity contribution in [1.29, 1.82) is 0 Å². The van der Waals surface area contributed by atoms with Crippen molar-refractivity contribution in [1.82, 2.24) is 20.1 Å². The summed E-state index contributed by atoms with van der Waals surface area (Å²) in [6.07, 6.45) is 3.17. The van der Waals surface area contributed by atoms with E-state index in [4.69, 9.17) is 4.42 Å². The third-order valence-corrected chi connectivity index (χ3v) is 5.08. The Balaban J connectivity index is 1.44. The number of nitrogens with one attached hydrogen (secondary N) is 1. The Morgan fingerprint density at radius 2 is 1.83 bits per heavy atom. The summed E-state index contributed by atoms with van der Waals surface area (Å²) in [5, 5.41) is 11.6. The van der Waals surface area contributed by atoms with E-state index >= 15 is 0 Å². The van der Waals surface area contributed by atoms with E-state index in [1.807, 2.05) is 0 Å². The van der Waals surface area contributed by atoms with Gasteiger partial charge < -0.3 is 19.5 Å². The Morgan fingerprint density at radius 1 is 1.10 bits per heavy atom. The summed E-state index contributed by atoms with van der Waals surface area (Å²) < 4.78 is 5.22. The summed E-state index contributed by atoms with van der Waals surface area (Å²) in [7, 11) is 0. The molecular weight excluding hydrogens is 368 g/mol. The maximum Gasteiger partial charge on any atom is 0.289 e. The summed E-state index contributed by atoms with van der Waals surface area (Å²) in [5.41, 5.74) is 4.51. The van der Waals surface area contributed by atoms with Crippen molar-refractivity contribution in [3.63, 3.8) is 0 Å². The quantitative estimate of drug-likeness (QED) is 0.730. The van der Waals surface area contributed by atoms with Crippen molar-refractivity contribution in [2.24, 2.45) is 0 Å². The minimum atomic E-state index is -0.0804. The zero-order valence-corrected chi connectivity index (χ0v) is 16.8. The molecule has 1 N–H and O–H groups in total. The van der Waals surface area contributed by atoms with Crippen LogP contribution in [0.3, 0.4) is 0 Å². The SMILES string of the molecule is Cc1cc(C)c(Nc2nncc(N3CCN(C(=O)c4ccco4)CC3)n2)c(C)c1. The fraction of sp³-hybridized carbons (Fsp3) is 0.333. The summed E-state index contributed by atoms with van der Waals surface area (Å²) in [4.78, 5) is 21.0. The van der Waals surface area contributed by atoms with Crippen molar-refractivity contribution in [3.05, 3.63) is 59.2 Å². The molecule has 0 bridgehead atoms. The van der Waals surface area contributed by atoms with Crippen LogP contribution in [-0.4, -0.2) is 52.2 Å². The predicted molar refractivity (Wildman–Crippen MR) is 111 cm³/mol. The van der Waals surface area contributed by atoms with Crippen LogP contribution in [0.5, 0.6) is 0 Å². The van der Waals surface area contributed by atoms with E-state index in [1.165, 1.54) is 11.8 Å². The zero-order chi connectivity index (χ0) is 20.4. The van der Waals surface area contributed by atoms with Gasteiger partial charge in [-0.05, 0) is 44.0 Å². The lowest BCUT2D eigenvalue weighted by Gasteiger charge is -2.34. The fourth-order valence-electron chi connectivity index (χ4n) is 3.68. The third-order valence-electron chi connectivity index (χ3n) is 5.08. The van der Waals surface area contributed by atoms with Gasteiger partial charge in [-0.15, -0.1) is 5.10 Å². The highest BCUT2D eigenvalue weighted by Gasteiger charge is 2.24. The number of amides is 1. The molecule has 3 aromatic rings. The molecule has 1 amide bonds. The van der Waals surface area contributed by atoms with Crippen LogP contribution < -0.4 is 10.2 Å². The summed E-state index contributed by atoms with van der Waals surface area (Å²) in [6.45, 7) is 8.76. The molecule has 1 aliphatic heterocycles. The molecule has 0 spiro atoms. The van der Waals surface area contributed by atoms with Gasteiger partial charge >= 0.3 is 0 Å². The molecule has 1 aromatic carbocycles. The van der Waals surface area contributed by atoms with Gasteiger partial charge in [-0.1, -0.05) is 17.7 Å². The predicted octanol–water partition coefficient (Wildman–Crippen LogP) is 3.10. The number of furan rings is 1. The second-order valence-electron chi connectivity index (χ2n) is 7.29. The van der Waals surface area contributed by atoms with Crippen molar-refractivity contribution in [3.8, 4) is 0 Å². The van der Waals surface area contributed by atoms with Gasteiger partial charge in [-0.3, -0.25) is 4.79 Å². The average Bonchev–Trinajstić information content (AvgIpc) is 3.25. The molecule has 150 valence electrons. The van der Waals surface area contributed by atoms with E-state index in [0.717, 1.165) is 22.6 Å². The Kier molecular flexibility index (Phi) is 5.16. The van der Waals surface area contributed by atoms with Gasteiger partial charge in [0.1, 0.15) is 0 Å². The van der Waals surface area contributed by atoms with Crippen LogP contribution in [0, 0.1) is 20.8 Å². The second-order valence-corrected chi connectivity index (χ2v) is 7.29. The number of aryl methyl sites for hydroxylation is 3. The van der Waals surface area contributed by atoms with Crippen LogP contribution in [0.25, 0.3) is 0 Å². The van der Waals surface area contributed by atoms with Gasteiger partial charge in [0.05, 0.1) is 12.5 Å². The molecule has 1 aliphatic rings. The Morgan fingerprint density at radius 3 is 2.48 bits per heavy atom. The number of aromatic nitrogens is 3. The first-order valence-electron chi connectivity index (χ1n) is 9.63. The molecule has 3 heterocycles. The molecule has 29 heavy (non-hydrogen) atoms. The summed E-state index contributed by atoms with van der Waals surface area (Å²) >= 11 is 0. The number of piperazine rings is 1. The maximum atomic E-state index is 12.4. The number of rotatable bonds is 4. The van der Waals surface area contributed by atoms with Crippen molar-refractivity contribution in [2.75, 3.05) is 36.4 Å². The van der Waals surface area contributed by atoms with Crippen molar-refractivity contribution in [2.45, 2.75) is 20.8 Å². The smallest absolute Gasteiger partial charge is 0.289 e. The van der Waals surface area contributed by atoms with Crippen LogP contribution in [0.4, 0.5) is 17.5 Å². The lowest BCUT2D eigenvalue weighted by atomic mass is 10.1. The number of benzene rings is 1. The number of anilines is 3. The summed E-state index contributed by atoms with van der Waals surface area (Å²) in [6, 6.07) is 7.67. The molecule has 0 aliphatic carbocycles. The molecule has 8 nitrogen and oxygen atoms in total. The Labute approximate surface area is 169 Å². The van der Waals surface area contributed by atoms with Gasteiger partial charge in [0, 0.05) is 31.9 Å². The summed E-state index contributed by atoms with van der Waals surface area (Å²) in [5.74, 6) is 1.50. The molecule has 2 aromatic heterocycles. The highest BCUT2D eigenvalue weighted by atomic mass is 16.3. The lowest BCUT2D eigenvalue weighted by molar-refractivity contribution is 0.0714. The van der Waals surface area contributed by atoms with Gasteiger partial charge in [-0.25, -0.2) is 0 Å². The largest absolute Gasteiger partial charge is 0.459 e. The van der Waals surface area contributed by atoms with Crippen molar-refractivity contribution < 1.29 is 9.21 Å². The number of hydrogen-bond acceptors (Lipinski definition) is 7. The first-order valence-corrected chi connectivity index (χ1v) is 9.63. The number of hydrogen-bond donors (Lipinski definition) is 1. The zero-order valence-electron chi connectivity index (χ0n) is 16.8. The van der Waals surface area contributed by atoms with E-state index in [-0.39, 0.29) is 5.91 Å². The standard InChI is InChI=1S/C21H24N6O2/c1-14-11-15(2)19(16(3)12-14)24-21-23-18(13-22-25-21)26-6-8-27(9-7-26)20(28)17-5-4-10-29-17/h4-5,10-13H,6-9H2,1-3H3,(H,23,24,25). The second kappa shape index (κ2) is 7.90. The van der Waals surface area contributed by atoms with Crippen LogP contribution in [0.1, 0.15) is 27.2 Å². The Hall–Kier alpha value is -3.42. The number of carbonyl (C=O) groups is 1. The number of nitrogens with zero attached hydrogens (tertiary/aromatic N) is 5. The van der Waals surface area contributed by atoms with Crippen LogP contribution in [0.15, 0.2) is 41.1 Å². The Bertz CT molecular complexity index is 987. The van der Waals surface area contributed by atoms with Gasteiger partial charge in [0.25, 0.3) is 5.91 Å². The fourth-order valence-corrected chi connectivity index (χ4v) is 3.68. The van der Waals surface area contributed by atoms with Crippen LogP contribution in [0.2, 0.25) is 0 Å². The molecule has 1 fully saturated rings. The van der Waals surface area contributed by atoms with E-state index in [1.54, 1.807) is 23.2 Å². The molecule has 0 radical (unpaired) electrons. The van der Waals surface area contributed by atoms with E-state index in [2.05, 4.69) is 58.3 Å². The van der Waals surface area contributed by atoms with Gasteiger partial charge in [0.2, 0.25) is 5.95 Å². The maximum absolute atomic E-state index is 12.4. The first-order chi connectivity index (χ1) is 14.0. The molecular formula is C21H24N6O2. The minimum Gasteiger partial charge on any atom is -0.459 e. The molecule has 0 unspecified atom stereocenters. The molecule has 8 heteroatoms. The van der Waals surface area contributed by atoms with Gasteiger partial charge in [-0.2, -0.15) is 10.1 Å². The first kappa shape index (κ1) is 18.9. The van der Waals surface area contributed by atoms with E-state index in [0.29, 0.717) is 37.9 Å². The van der Waals surface area contributed by atoms with E-state index < -0.39 is 0 Å². The minimum absolute atomic E-state index is 0.0804. The molecule has 0 saturated carbocycles. The molecule has 0 atom stereocenters. The highest BCUT2D eigenvalue weighted by molar-refractivity contribution is 5.91. The lowest BCUT2D eigenvalue weighted by Crippen LogP contribution is -2.49. The monoisotopic (exact) mass is 392 g/mol. The highest BCUT2D eigenvalue weighted by Crippen LogP contribution is 2.25. The normalized spacial score (nSPS) is 14.2. The molecule has 1 saturated heterocycles. The number of carbonyl (C=O) groups excluding carboxylic acids is 1. The third kappa shape index (κ3) is 4.06. The topological polar surface area (TPSA) is 87.4 Å².